The minimum atomic E-state index is -4.14. The molecule has 0 aliphatic heterocycles. The molecule has 0 unspecified atom stereocenters. The highest BCUT2D eigenvalue weighted by molar-refractivity contribution is 7.89. The van der Waals surface area contributed by atoms with Crippen LogP contribution in [0.3, 0.4) is 0 Å². The Bertz CT molecular complexity index is 1020. The average molecular weight is 378 g/mol. The lowest BCUT2D eigenvalue weighted by Crippen LogP contribution is -2.20. The summed E-state index contributed by atoms with van der Waals surface area (Å²) in [5, 5.41) is 25.5. The summed E-state index contributed by atoms with van der Waals surface area (Å²) in [4.78, 5) is 22.1. The third-order valence-corrected chi connectivity index (χ3v) is 4.70. The maximum Gasteiger partial charge on any atom is 0.276 e. The van der Waals surface area contributed by atoms with E-state index in [2.05, 4.69) is 5.10 Å². The van der Waals surface area contributed by atoms with Crippen LogP contribution < -0.4 is 4.83 Å². The van der Waals surface area contributed by atoms with Gasteiger partial charge in [-0.15, -0.1) is 0 Å². The smallest absolute Gasteiger partial charge is 0.258 e. The van der Waals surface area contributed by atoms with Crippen molar-refractivity contribution in [2.24, 2.45) is 5.10 Å². The number of nitro benzene ring substituents is 2. The van der Waals surface area contributed by atoms with E-state index in [1.165, 1.54) is 50.2 Å². The molecular weight excluding hydrogens is 364 g/mol. The molecule has 1 N–H and O–H groups in total. The molecule has 0 aliphatic rings. The zero-order chi connectivity index (χ0) is 19.5. The maximum absolute atomic E-state index is 12.3. The van der Waals surface area contributed by atoms with Crippen molar-refractivity contribution in [3.05, 3.63) is 73.8 Å². The Kier molecular flexibility index (Phi) is 5.31. The minimum Gasteiger partial charge on any atom is -0.258 e. The number of sulfonamides is 1. The van der Waals surface area contributed by atoms with E-state index in [0.717, 1.165) is 6.07 Å². The number of nitro groups is 2. The summed E-state index contributed by atoms with van der Waals surface area (Å²) in [6, 6.07) is 9.03. The lowest BCUT2D eigenvalue weighted by atomic mass is 10.1. The molecule has 0 spiro atoms. The normalized spacial score (nSPS) is 11.8. The van der Waals surface area contributed by atoms with Crippen LogP contribution in [0.15, 0.2) is 52.5 Å². The molecule has 0 aromatic heterocycles. The van der Waals surface area contributed by atoms with Crippen LogP contribution in [-0.2, 0) is 10.0 Å². The first kappa shape index (κ1) is 19.0. The van der Waals surface area contributed by atoms with E-state index in [9.17, 15) is 28.6 Å². The number of aryl methyl sites for hydroxylation is 1. The van der Waals surface area contributed by atoms with Crippen molar-refractivity contribution >= 4 is 27.1 Å². The summed E-state index contributed by atoms with van der Waals surface area (Å²) in [6.07, 6.45) is 0. The summed E-state index contributed by atoms with van der Waals surface area (Å²) in [7, 11) is -4.14. The van der Waals surface area contributed by atoms with Gasteiger partial charge in [-0.2, -0.15) is 18.4 Å². The number of nitrogens with one attached hydrogen (secondary N) is 1. The van der Waals surface area contributed by atoms with E-state index in [4.69, 9.17) is 0 Å². The largest absolute Gasteiger partial charge is 0.276 e. The summed E-state index contributed by atoms with van der Waals surface area (Å²) in [6.45, 7) is 2.96. The second-order valence-electron chi connectivity index (χ2n) is 5.30. The zero-order valence-corrected chi connectivity index (χ0v) is 14.6. The van der Waals surface area contributed by atoms with Crippen molar-refractivity contribution in [3.63, 3.8) is 0 Å². The highest BCUT2D eigenvalue weighted by Crippen LogP contribution is 2.22. The van der Waals surface area contributed by atoms with Gasteiger partial charge >= 0.3 is 0 Å². The fourth-order valence-corrected chi connectivity index (χ4v) is 2.92. The molecule has 0 amide bonds. The molecule has 2 rings (SSSR count). The van der Waals surface area contributed by atoms with Crippen molar-refractivity contribution in [1.29, 1.82) is 0 Å². The molecule has 136 valence electrons. The van der Waals surface area contributed by atoms with Crippen LogP contribution in [-0.4, -0.2) is 24.0 Å². The highest BCUT2D eigenvalue weighted by atomic mass is 32.2. The fourth-order valence-electron chi connectivity index (χ4n) is 2.04. The number of nitrogens with zero attached hydrogens (tertiary/aromatic N) is 3. The maximum atomic E-state index is 12.3. The molecule has 2 aromatic carbocycles. The van der Waals surface area contributed by atoms with Gasteiger partial charge in [-0.25, -0.2) is 0 Å². The van der Waals surface area contributed by atoms with Crippen molar-refractivity contribution in [2.75, 3.05) is 0 Å². The molecule has 0 saturated heterocycles. The second kappa shape index (κ2) is 7.27. The van der Waals surface area contributed by atoms with Crippen molar-refractivity contribution in [1.82, 2.24) is 4.83 Å². The molecule has 0 aliphatic carbocycles. The number of non-ortho nitro benzene ring substituents is 1. The zero-order valence-electron chi connectivity index (χ0n) is 13.7. The third kappa shape index (κ3) is 4.19. The Balaban J connectivity index is 2.31. The van der Waals surface area contributed by atoms with Crippen LogP contribution in [0.4, 0.5) is 11.4 Å². The van der Waals surface area contributed by atoms with Gasteiger partial charge in [-0.1, -0.05) is 18.2 Å². The van der Waals surface area contributed by atoms with Gasteiger partial charge in [0.25, 0.3) is 21.4 Å². The molecule has 0 radical (unpaired) electrons. The minimum absolute atomic E-state index is 0.158. The Morgan fingerprint density at radius 2 is 1.77 bits per heavy atom. The van der Waals surface area contributed by atoms with Crippen LogP contribution in [0, 0.1) is 27.2 Å². The van der Waals surface area contributed by atoms with E-state index >= 15 is 0 Å². The number of hydrazone groups is 1. The molecule has 0 atom stereocenters. The van der Waals surface area contributed by atoms with E-state index in [1.54, 1.807) is 0 Å². The van der Waals surface area contributed by atoms with E-state index < -0.39 is 19.9 Å². The van der Waals surface area contributed by atoms with Crippen LogP contribution in [0.25, 0.3) is 0 Å². The van der Waals surface area contributed by atoms with Gasteiger partial charge in [0.15, 0.2) is 0 Å². The van der Waals surface area contributed by atoms with Crippen LogP contribution in [0.2, 0.25) is 0 Å². The number of benzene rings is 2. The predicted octanol–water partition coefficient (Wildman–Crippen LogP) is 2.51. The standard InChI is InChI=1S/C15H14N4O6S/c1-10-6-7-14(9-15(10)19(22)23)26(24,25)17-16-11(2)12-4-3-5-13(8-12)18(20)21/h3-9,17H,1-2H3/b16-11+. The summed E-state index contributed by atoms with van der Waals surface area (Å²) >= 11 is 0. The van der Waals surface area contributed by atoms with E-state index in [-0.39, 0.29) is 22.0 Å². The number of hydrogen-bond donors (Lipinski definition) is 1. The molecule has 0 saturated carbocycles. The quantitative estimate of drug-likeness (QED) is 0.464. The van der Waals surface area contributed by atoms with Gasteiger partial charge in [0.1, 0.15) is 0 Å². The lowest BCUT2D eigenvalue weighted by molar-refractivity contribution is -0.385. The lowest BCUT2D eigenvalue weighted by Gasteiger charge is -2.06. The van der Waals surface area contributed by atoms with Crippen molar-refractivity contribution in [2.45, 2.75) is 18.7 Å². The average Bonchev–Trinajstić information content (AvgIpc) is 2.59. The summed E-state index contributed by atoms with van der Waals surface area (Å²) < 4.78 is 24.6. The number of rotatable bonds is 6. The predicted molar refractivity (Wildman–Crippen MR) is 93.5 cm³/mol. The van der Waals surface area contributed by atoms with Crippen molar-refractivity contribution < 1.29 is 18.3 Å². The Morgan fingerprint density at radius 3 is 2.38 bits per heavy atom. The van der Waals surface area contributed by atoms with Crippen LogP contribution in [0.1, 0.15) is 18.1 Å². The molecule has 10 nitrogen and oxygen atoms in total. The highest BCUT2D eigenvalue weighted by Gasteiger charge is 2.19. The topological polar surface area (TPSA) is 145 Å². The van der Waals surface area contributed by atoms with E-state index in [1.807, 2.05) is 4.83 Å². The molecule has 0 bridgehead atoms. The summed E-state index contributed by atoms with van der Waals surface area (Å²) in [5.41, 5.74) is 0.391. The van der Waals surface area contributed by atoms with Gasteiger partial charge in [-0.05, 0) is 19.9 Å². The van der Waals surface area contributed by atoms with E-state index in [0.29, 0.717) is 11.1 Å². The van der Waals surface area contributed by atoms with Gasteiger partial charge in [-0.3, -0.25) is 20.2 Å². The SMILES string of the molecule is C/C(=N\NS(=O)(=O)c1ccc(C)c([N+](=O)[O-])c1)c1cccc([N+](=O)[O-])c1. The first-order valence-corrected chi connectivity index (χ1v) is 8.66. The van der Waals surface area contributed by atoms with Crippen LogP contribution >= 0.6 is 0 Å². The molecule has 11 heteroatoms. The Labute approximate surface area is 148 Å². The van der Waals surface area contributed by atoms with Crippen LogP contribution in [0.5, 0.6) is 0 Å². The molecule has 0 heterocycles. The Morgan fingerprint density at radius 1 is 1.08 bits per heavy atom. The van der Waals surface area contributed by atoms with Gasteiger partial charge < -0.3 is 0 Å². The molecule has 0 fully saturated rings. The molecular formula is C15H14N4O6S. The number of hydrogen-bond acceptors (Lipinski definition) is 7. The molecule has 2 aromatic rings. The second-order valence-corrected chi connectivity index (χ2v) is 6.97. The first-order valence-electron chi connectivity index (χ1n) is 7.18. The summed E-state index contributed by atoms with van der Waals surface area (Å²) in [5.74, 6) is 0. The molecule has 26 heavy (non-hydrogen) atoms. The fraction of sp³-hybridized carbons (Fsp3) is 0.133. The van der Waals surface area contributed by atoms with Gasteiger partial charge in [0, 0.05) is 29.3 Å². The van der Waals surface area contributed by atoms with Gasteiger partial charge in [0.05, 0.1) is 20.5 Å². The van der Waals surface area contributed by atoms with Crippen molar-refractivity contribution in [3.8, 4) is 0 Å². The van der Waals surface area contributed by atoms with Gasteiger partial charge in [0.2, 0.25) is 0 Å². The first-order chi connectivity index (χ1) is 12.1. The monoisotopic (exact) mass is 378 g/mol. The Hall–Kier alpha value is -3.34. The third-order valence-electron chi connectivity index (χ3n) is 3.50.